The molecule has 0 aliphatic rings. The largest absolute Gasteiger partial charge is 0.372 e. The molecule has 1 N–H and O–H groups in total. The summed E-state index contributed by atoms with van der Waals surface area (Å²) in [5, 5.41) is 2.88. The van der Waals surface area contributed by atoms with Crippen LogP contribution in [0.1, 0.15) is 38.4 Å². The maximum Gasteiger partial charge on any atom is 0.253 e. The van der Waals surface area contributed by atoms with Crippen molar-refractivity contribution in [2.75, 3.05) is 23.3 Å². The zero-order chi connectivity index (χ0) is 19.1. The first-order valence-corrected chi connectivity index (χ1v) is 9.19. The number of rotatable bonds is 8. The predicted molar refractivity (Wildman–Crippen MR) is 106 cm³/mol. The summed E-state index contributed by atoms with van der Waals surface area (Å²) in [6, 6.07) is 7.48. The summed E-state index contributed by atoms with van der Waals surface area (Å²) in [5.74, 6) is -0.240. The highest BCUT2D eigenvalue weighted by Gasteiger charge is 2.10. The van der Waals surface area contributed by atoms with Crippen molar-refractivity contribution >= 4 is 17.3 Å². The molecule has 26 heavy (non-hydrogen) atoms. The summed E-state index contributed by atoms with van der Waals surface area (Å²) < 4.78 is 1.33. The number of hydrogen-bond acceptors (Lipinski definition) is 4. The number of anilines is 2. The molecule has 0 spiro atoms. The second-order valence-corrected chi connectivity index (χ2v) is 6.32. The molecule has 0 saturated carbocycles. The van der Waals surface area contributed by atoms with Crippen LogP contribution < -0.4 is 15.8 Å². The average Bonchev–Trinajstić information content (AvgIpc) is 2.61. The fourth-order valence-electron chi connectivity index (χ4n) is 2.89. The Bertz CT molecular complexity index is 810. The fourth-order valence-corrected chi connectivity index (χ4v) is 2.89. The lowest BCUT2D eigenvalue weighted by Gasteiger charge is -2.22. The highest BCUT2D eigenvalue weighted by molar-refractivity contribution is 5.91. The third kappa shape index (κ3) is 4.94. The summed E-state index contributed by atoms with van der Waals surface area (Å²) in [7, 11) is 0. The van der Waals surface area contributed by atoms with Crippen LogP contribution in [0, 0.1) is 6.92 Å². The van der Waals surface area contributed by atoms with E-state index in [4.69, 9.17) is 0 Å². The van der Waals surface area contributed by atoms with Crippen LogP contribution in [-0.2, 0) is 17.8 Å². The molecule has 0 aliphatic heterocycles. The Hall–Kier alpha value is -2.63. The van der Waals surface area contributed by atoms with Crippen LogP contribution in [0.2, 0.25) is 0 Å². The molecule has 1 amide bonds. The predicted octanol–water partition coefficient (Wildman–Crippen LogP) is 2.99. The molecule has 0 aliphatic carbocycles. The van der Waals surface area contributed by atoms with Crippen LogP contribution in [-0.4, -0.2) is 28.5 Å². The topological polar surface area (TPSA) is 67.2 Å². The average molecular weight is 356 g/mol. The van der Waals surface area contributed by atoms with Crippen molar-refractivity contribution in [3.63, 3.8) is 0 Å². The monoisotopic (exact) mass is 356 g/mol. The van der Waals surface area contributed by atoms with Gasteiger partial charge in [-0.05, 0) is 51.0 Å². The second-order valence-electron chi connectivity index (χ2n) is 6.32. The van der Waals surface area contributed by atoms with E-state index in [2.05, 4.69) is 35.1 Å². The van der Waals surface area contributed by atoms with E-state index in [0.717, 1.165) is 48.6 Å². The lowest BCUT2D eigenvalue weighted by Crippen LogP contribution is -2.28. The molecular formula is C20H28N4O2. The molecule has 140 valence electrons. The normalized spacial score (nSPS) is 10.6. The van der Waals surface area contributed by atoms with Crippen molar-refractivity contribution < 1.29 is 4.79 Å². The highest BCUT2D eigenvalue weighted by Crippen LogP contribution is 2.22. The Morgan fingerprint density at radius 1 is 1.19 bits per heavy atom. The quantitative estimate of drug-likeness (QED) is 0.789. The van der Waals surface area contributed by atoms with Crippen LogP contribution in [0.15, 0.2) is 35.4 Å². The molecule has 2 aromatic rings. The summed E-state index contributed by atoms with van der Waals surface area (Å²) in [4.78, 5) is 30.9. The molecule has 1 aromatic carbocycles. The van der Waals surface area contributed by atoms with Crippen molar-refractivity contribution in [2.45, 2.75) is 47.1 Å². The van der Waals surface area contributed by atoms with Crippen molar-refractivity contribution in [3.8, 4) is 0 Å². The molecule has 0 saturated heterocycles. The molecule has 6 nitrogen and oxygen atoms in total. The summed E-state index contributed by atoms with van der Waals surface area (Å²) in [6.45, 7) is 10.1. The van der Waals surface area contributed by atoms with Gasteiger partial charge < -0.3 is 10.2 Å². The van der Waals surface area contributed by atoms with Gasteiger partial charge in [-0.15, -0.1) is 0 Å². The number of aryl methyl sites for hydroxylation is 2. The van der Waals surface area contributed by atoms with Crippen molar-refractivity contribution in [1.29, 1.82) is 0 Å². The van der Waals surface area contributed by atoms with Gasteiger partial charge in [0, 0.05) is 36.2 Å². The smallest absolute Gasteiger partial charge is 0.253 e. The third-order valence-electron chi connectivity index (χ3n) is 4.37. The Morgan fingerprint density at radius 2 is 1.92 bits per heavy atom. The minimum Gasteiger partial charge on any atom is -0.372 e. The van der Waals surface area contributed by atoms with Gasteiger partial charge in [-0.25, -0.2) is 4.98 Å². The van der Waals surface area contributed by atoms with Gasteiger partial charge in [0.2, 0.25) is 5.91 Å². The van der Waals surface area contributed by atoms with Crippen LogP contribution in [0.25, 0.3) is 0 Å². The first kappa shape index (κ1) is 19.7. The molecule has 0 unspecified atom stereocenters. The van der Waals surface area contributed by atoms with Crippen molar-refractivity contribution in [2.24, 2.45) is 0 Å². The maximum atomic E-state index is 12.3. The molecule has 1 aromatic heterocycles. The molecule has 2 rings (SSSR count). The molecule has 0 atom stereocenters. The number of amides is 1. The lowest BCUT2D eigenvalue weighted by molar-refractivity contribution is -0.116. The zero-order valence-electron chi connectivity index (χ0n) is 16.1. The number of hydrogen-bond donors (Lipinski definition) is 1. The molecule has 0 radical (unpaired) electrons. The van der Waals surface area contributed by atoms with Gasteiger partial charge in [0.15, 0.2) is 0 Å². The van der Waals surface area contributed by atoms with E-state index in [1.54, 1.807) is 0 Å². The molecule has 0 fully saturated rings. The van der Waals surface area contributed by atoms with Crippen molar-refractivity contribution in [1.82, 2.24) is 9.55 Å². The number of carbonyl (C=O) groups is 1. The van der Waals surface area contributed by atoms with Crippen LogP contribution in [0.4, 0.5) is 11.4 Å². The summed E-state index contributed by atoms with van der Waals surface area (Å²) in [6.07, 6.45) is 3.14. The first-order chi connectivity index (χ1) is 12.5. The highest BCUT2D eigenvalue weighted by atomic mass is 16.2. The van der Waals surface area contributed by atoms with Gasteiger partial charge in [0.25, 0.3) is 5.56 Å². The Labute approximate surface area is 154 Å². The van der Waals surface area contributed by atoms with E-state index in [1.165, 1.54) is 17.0 Å². The maximum absolute atomic E-state index is 12.3. The minimum atomic E-state index is -0.240. The third-order valence-corrected chi connectivity index (χ3v) is 4.37. The van der Waals surface area contributed by atoms with Gasteiger partial charge >= 0.3 is 0 Å². The second kappa shape index (κ2) is 9.17. The molecule has 1 heterocycles. The van der Waals surface area contributed by atoms with E-state index < -0.39 is 0 Å². The number of benzene rings is 1. The first-order valence-electron chi connectivity index (χ1n) is 9.19. The van der Waals surface area contributed by atoms with Crippen LogP contribution >= 0.6 is 0 Å². The zero-order valence-corrected chi connectivity index (χ0v) is 16.1. The van der Waals surface area contributed by atoms with Crippen LogP contribution in [0.3, 0.4) is 0 Å². The van der Waals surface area contributed by atoms with Gasteiger partial charge in [-0.2, -0.15) is 0 Å². The van der Waals surface area contributed by atoms with Gasteiger partial charge in [0.05, 0.1) is 6.33 Å². The SMILES string of the molecule is CCCc1cc(=O)n(CC(=O)Nc2ccc(N(CC)CC)cc2C)cn1. The van der Waals surface area contributed by atoms with Crippen molar-refractivity contribution in [3.05, 3.63) is 52.2 Å². The molecular weight excluding hydrogens is 328 g/mol. The Balaban J connectivity index is 2.07. The van der Waals surface area contributed by atoms with E-state index in [1.807, 2.05) is 26.0 Å². The van der Waals surface area contributed by atoms with E-state index in [9.17, 15) is 9.59 Å². The standard InChI is InChI=1S/C20H28N4O2/c1-5-8-16-12-20(26)24(14-21-16)13-19(25)22-18-10-9-17(11-15(18)4)23(6-2)7-3/h9-12,14H,5-8,13H2,1-4H3,(H,22,25). The minimum absolute atomic E-state index is 0.0462. The lowest BCUT2D eigenvalue weighted by atomic mass is 10.1. The number of carbonyl (C=O) groups excluding carboxylic acids is 1. The summed E-state index contributed by atoms with van der Waals surface area (Å²) in [5.41, 5.74) is 3.45. The van der Waals surface area contributed by atoms with E-state index in [-0.39, 0.29) is 18.0 Å². The Morgan fingerprint density at radius 3 is 2.50 bits per heavy atom. The van der Waals surface area contributed by atoms with Crippen LogP contribution in [0.5, 0.6) is 0 Å². The van der Waals surface area contributed by atoms with Gasteiger partial charge in [-0.3, -0.25) is 14.2 Å². The number of nitrogens with zero attached hydrogens (tertiary/aromatic N) is 3. The summed E-state index contributed by atoms with van der Waals surface area (Å²) >= 11 is 0. The van der Waals surface area contributed by atoms with Gasteiger partial charge in [-0.1, -0.05) is 13.3 Å². The Kier molecular flexibility index (Phi) is 6.95. The van der Waals surface area contributed by atoms with Gasteiger partial charge in [0.1, 0.15) is 6.54 Å². The van der Waals surface area contributed by atoms with E-state index in [0.29, 0.717) is 0 Å². The molecule has 0 bridgehead atoms. The number of nitrogens with one attached hydrogen (secondary N) is 1. The number of aromatic nitrogens is 2. The van der Waals surface area contributed by atoms with E-state index >= 15 is 0 Å². The fraction of sp³-hybridized carbons (Fsp3) is 0.450. The molecule has 6 heteroatoms.